The highest BCUT2D eigenvalue weighted by Crippen LogP contribution is 2.30. The Morgan fingerprint density at radius 3 is 1.86 bits per heavy atom. The van der Waals surface area contributed by atoms with Crippen LogP contribution in [0.3, 0.4) is 0 Å². The van der Waals surface area contributed by atoms with Crippen molar-refractivity contribution in [3.8, 4) is 0 Å². The summed E-state index contributed by atoms with van der Waals surface area (Å²) in [7, 11) is 0. The summed E-state index contributed by atoms with van der Waals surface area (Å²) in [6, 6.07) is 0. The van der Waals surface area contributed by atoms with Crippen LogP contribution in [-0.4, -0.2) is 4.98 Å². The van der Waals surface area contributed by atoms with Crippen molar-refractivity contribution in [2.75, 3.05) is 0 Å². The van der Waals surface area contributed by atoms with Gasteiger partial charge in [-0.05, 0) is 41.5 Å². The van der Waals surface area contributed by atoms with Crippen LogP contribution in [0.4, 0.5) is 0 Å². The molecular weight excluding hydrogens is 266 g/mol. The molecule has 0 atom stereocenters. The molecule has 0 saturated heterocycles. The van der Waals surface area contributed by atoms with Crippen molar-refractivity contribution in [1.29, 1.82) is 0 Å². The third-order valence-corrected chi connectivity index (χ3v) is 3.89. The zero-order chi connectivity index (χ0) is 17.3. The Morgan fingerprint density at radius 2 is 1.55 bits per heavy atom. The molecule has 1 N–H and O–H groups in total. The fourth-order valence-electron chi connectivity index (χ4n) is 2.11. The molecular formula is C21H35N. The first-order valence-corrected chi connectivity index (χ1v) is 8.43. The molecule has 1 aromatic heterocycles. The van der Waals surface area contributed by atoms with E-state index in [1.807, 2.05) is 12.2 Å². The molecule has 0 spiro atoms. The van der Waals surface area contributed by atoms with Gasteiger partial charge in [-0.3, -0.25) is 0 Å². The van der Waals surface area contributed by atoms with Crippen LogP contribution >= 0.6 is 0 Å². The molecule has 1 aromatic rings. The van der Waals surface area contributed by atoms with E-state index in [-0.39, 0.29) is 0 Å². The van der Waals surface area contributed by atoms with Crippen molar-refractivity contribution in [2.24, 2.45) is 5.41 Å². The maximum Gasteiger partial charge on any atom is 0.0458 e. The Labute approximate surface area is 138 Å². The smallest absolute Gasteiger partial charge is 0.0458 e. The second-order valence-electron chi connectivity index (χ2n) is 6.84. The summed E-state index contributed by atoms with van der Waals surface area (Å²) < 4.78 is 0. The van der Waals surface area contributed by atoms with Gasteiger partial charge in [-0.15, -0.1) is 0 Å². The largest absolute Gasteiger partial charge is 0.355 e. The number of hydrogen-bond donors (Lipinski definition) is 1. The van der Waals surface area contributed by atoms with Gasteiger partial charge in [0.2, 0.25) is 0 Å². The van der Waals surface area contributed by atoms with Crippen LogP contribution in [0, 0.1) is 5.41 Å². The van der Waals surface area contributed by atoms with Crippen LogP contribution in [-0.2, 0) is 6.42 Å². The quantitative estimate of drug-likeness (QED) is 0.575. The molecule has 0 fully saturated rings. The van der Waals surface area contributed by atoms with Gasteiger partial charge in [0, 0.05) is 17.0 Å². The second-order valence-corrected chi connectivity index (χ2v) is 6.84. The average molecular weight is 302 g/mol. The molecule has 124 valence electrons. The lowest BCUT2D eigenvalue weighted by Gasteiger charge is -2.12. The minimum atomic E-state index is 0.542. The van der Waals surface area contributed by atoms with Gasteiger partial charge in [0.05, 0.1) is 0 Å². The Bertz CT molecular complexity index is 495. The molecule has 0 saturated carbocycles. The molecule has 1 heterocycles. The second kappa shape index (κ2) is 9.50. The molecule has 0 aliphatic heterocycles. The summed E-state index contributed by atoms with van der Waals surface area (Å²) in [5, 5.41) is 0. The van der Waals surface area contributed by atoms with E-state index in [2.05, 4.69) is 66.3 Å². The number of hydrogen-bond acceptors (Lipinski definition) is 0. The molecule has 0 amide bonds. The Morgan fingerprint density at radius 1 is 1.05 bits per heavy atom. The molecule has 0 aromatic carbocycles. The Balaban J connectivity index is 0.000000626. The van der Waals surface area contributed by atoms with Gasteiger partial charge in [-0.25, -0.2) is 0 Å². The predicted molar refractivity (Wildman–Crippen MR) is 104 cm³/mol. The van der Waals surface area contributed by atoms with E-state index in [0.717, 1.165) is 30.7 Å². The minimum absolute atomic E-state index is 0.542. The molecule has 0 aliphatic carbocycles. The van der Waals surface area contributed by atoms with E-state index >= 15 is 0 Å². The summed E-state index contributed by atoms with van der Waals surface area (Å²) in [4.78, 5) is 3.34. The summed E-state index contributed by atoms with van der Waals surface area (Å²) in [5.74, 6) is 0. The van der Waals surface area contributed by atoms with Gasteiger partial charge in [0.15, 0.2) is 0 Å². The highest BCUT2D eigenvalue weighted by Gasteiger charge is 2.14. The van der Waals surface area contributed by atoms with E-state index < -0.39 is 0 Å². The number of aromatic nitrogens is 1. The molecule has 0 aliphatic rings. The number of nitrogens with one attached hydrogen (secondary N) is 1. The summed E-state index contributed by atoms with van der Waals surface area (Å²) in [6.07, 6.45) is 8.14. The van der Waals surface area contributed by atoms with Crippen LogP contribution < -0.4 is 0 Å². The first kappa shape index (κ1) is 20.5. The van der Waals surface area contributed by atoms with Crippen LogP contribution in [0.15, 0.2) is 19.7 Å². The third kappa shape index (κ3) is 6.09. The van der Waals surface area contributed by atoms with Gasteiger partial charge >= 0.3 is 0 Å². The maximum absolute atomic E-state index is 4.18. The summed E-state index contributed by atoms with van der Waals surface area (Å²) >= 11 is 0. The van der Waals surface area contributed by atoms with Crippen molar-refractivity contribution in [3.63, 3.8) is 0 Å². The number of aromatic amines is 1. The molecule has 22 heavy (non-hydrogen) atoms. The normalized spacial score (nSPS) is 10.6. The van der Waals surface area contributed by atoms with E-state index in [4.69, 9.17) is 0 Å². The standard InChI is InChI=1S/C15H21N.C6H14/c1-6-10-11(5)15-12(7-2)13(8-3)16-14(15)9-4;1-5-6(2,3)4/h8-9,16H,3-7,10H2,1-2H3;5H2,1-4H3. The zero-order valence-electron chi connectivity index (χ0n) is 15.6. The monoisotopic (exact) mass is 301 g/mol. The van der Waals surface area contributed by atoms with Crippen LogP contribution in [0.2, 0.25) is 0 Å². The fraction of sp³-hybridized carbons (Fsp3) is 0.524. The molecule has 1 heteroatoms. The highest BCUT2D eigenvalue weighted by molar-refractivity contribution is 5.77. The minimum Gasteiger partial charge on any atom is -0.355 e. The van der Waals surface area contributed by atoms with Crippen molar-refractivity contribution < 1.29 is 0 Å². The van der Waals surface area contributed by atoms with Crippen LogP contribution in [0.1, 0.15) is 83.3 Å². The molecule has 0 bridgehead atoms. The van der Waals surface area contributed by atoms with E-state index in [0.29, 0.717) is 5.41 Å². The van der Waals surface area contributed by atoms with Crippen molar-refractivity contribution in [3.05, 3.63) is 42.3 Å². The first-order chi connectivity index (χ1) is 10.2. The van der Waals surface area contributed by atoms with Gasteiger partial charge in [-0.2, -0.15) is 0 Å². The number of H-pyrrole nitrogens is 1. The first-order valence-electron chi connectivity index (χ1n) is 8.43. The summed E-state index contributed by atoms with van der Waals surface area (Å²) in [6.45, 7) is 25.1. The number of allylic oxidation sites excluding steroid dienone is 1. The predicted octanol–water partition coefficient (Wildman–Crippen LogP) is 7.12. The Hall–Kier alpha value is -1.50. The van der Waals surface area contributed by atoms with Gasteiger partial charge < -0.3 is 4.98 Å². The van der Waals surface area contributed by atoms with E-state index in [1.165, 1.54) is 23.1 Å². The average Bonchev–Trinajstić information content (AvgIpc) is 2.85. The lowest BCUT2D eigenvalue weighted by Crippen LogP contribution is -2.00. The van der Waals surface area contributed by atoms with Gasteiger partial charge in [0.1, 0.15) is 0 Å². The van der Waals surface area contributed by atoms with Gasteiger partial charge in [0.25, 0.3) is 0 Å². The zero-order valence-corrected chi connectivity index (χ0v) is 15.6. The van der Waals surface area contributed by atoms with Crippen LogP contribution in [0.25, 0.3) is 17.7 Å². The summed E-state index contributed by atoms with van der Waals surface area (Å²) in [5.41, 5.74) is 6.46. The van der Waals surface area contributed by atoms with Crippen LogP contribution in [0.5, 0.6) is 0 Å². The maximum atomic E-state index is 4.18. The Kier molecular flexibility index (Phi) is 8.86. The number of rotatable bonds is 6. The molecule has 1 rings (SSSR count). The SMILES string of the molecule is C=Cc1[nH]c(C=C)c(C(=C)CCC)c1CC.CCC(C)(C)C. The lowest BCUT2D eigenvalue weighted by atomic mass is 9.94. The lowest BCUT2D eigenvalue weighted by molar-refractivity contribution is 0.398. The van der Waals surface area contributed by atoms with E-state index in [9.17, 15) is 0 Å². The molecule has 0 radical (unpaired) electrons. The van der Waals surface area contributed by atoms with E-state index in [1.54, 1.807) is 0 Å². The highest BCUT2D eigenvalue weighted by atomic mass is 14.7. The third-order valence-electron chi connectivity index (χ3n) is 3.89. The van der Waals surface area contributed by atoms with Crippen molar-refractivity contribution in [1.82, 2.24) is 4.98 Å². The van der Waals surface area contributed by atoms with Gasteiger partial charge in [-0.1, -0.05) is 74.1 Å². The molecule has 0 unspecified atom stereocenters. The topological polar surface area (TPSA) is 15.8 Å². The van der Waals surface area contributed by atoms with Crippen molar-refractivity contribution >= 4 is 17.7 Å². The fourth-order valence-corrected chi connectivity index (χ4v) is 2.11. The molecule has 1 nitrogen and oxygen atoms in total. The van der Waals surface area contributed by atoms with Crippen molar-refractivity contribution in [2.45, 2.75) is 67.2 Å².